The van der Waals surface area contributed by atoms with Crippen molar-refractivity contribution in [2.75, 3.05) is 0 Å². The molecule has 2 aliphatic rings. The largest absolute Gasteiger partial charge is 0.499 e. The SMILES string of the molecule is C=COC1CC2(CCCCC2)C1.CC. The van der Waals surface area contributed by atoms with E-state index in [0.717, 1.165) is 0 Å². The van der Waals surface area contributed by atoms with Crippen molar-refractivity contribution in [2.24, 2.45) is 5.41 Å². The molecule has 0 amide bonds. The third-order valence-corrected chi connectivity index (χ3v) is 3.52. The Bertz CT molecular complexity index is 160. The minimum absolute atomic E-state index is 0.501. The molecule has 1 nitrogen and oxygen atoms in total. The van der Waals surface area contributed by atoms with Gasteiger partial charge in [-0.15, -0.1) is 0 Å². The molecular formula is C13H24O. The Balaban J connectivity index is 0.000000461. The normalized spacial score (nSPS) is 24.4. The molecule has 0 aromatic rings. The number of hydrogen-bond acceptors (Lipinski definition) is 1. The van der Waals surface area contributed by atoms with Gasteiger partial charge in [-0.1, -0.05) is 39.7 Å². The van der Waals surface area contributed by atoms with Gasteiger partial charge in [0.05, 0.1) is 12.4 Å². The van der Waals surface area contributed by atoms with Gasteiger partial charge in [0.25, 0.3) is 0 Å². The van der Waals surface area contributed by atoms with Crippen LogP contribution < -0.4 is 0 Å². The van der Waals surface area contributed by atoms with E-state index in [1.54, 1.807) is 6.26 Å². The molecule has 0 unspecified atom stereocenters. The van der Waals surface area contributed by atoms with Crippen LogP contribution in [0.4, 0.5) is 0 Å². The lowest BCUT2D eigenvalue weighted by atomic mass is 9.59. The summed E-state index contributed by atoms with van der Waals surface area (Å²) in [7, 11) is 0. The van der Waals surface area contributed by atoms with Crippen molar-refractivity contribution in [3.8, 4) is 0 Å². The first-order valence-electron chi connectivity index (χ1n) is 6.11. The number of hydrogen-bond donors (Lipinski definition) is 0. The summed E-state index contributed by atoms with van der Waals surface area (Å²) in [4.78, 5) is 0. The molecule has 0 aromatic carbocycles. The lowest BCUT2D eigenvalue weighted by Crippen LogP contribution is -2.42. The van der Waals surface area contributed by atoms with Crippen LogP contribution in [0.15, 0.2) is 12.8 Å². The quantitative estimate of drug-likeness (QED) is 0.599. The molecule has 0 aromatic heterocycles. The minimum atomic E-state index is 0.501. The molecule has 1 heteroatoms. The van der Waals surface area contributed by atoms with Gasteiger partial charge in [0.2, 0.25) is 0 Å². The van der Waals surface area contributed by atoms with Crippen LogP contribution in [0.1, 0.15) is 58.8 Å². The van der Waals surface area contributed by atoms with Gasteiger partial charge in [0.1, 0.15) is 0 Å². The van der Waals surface area contributed by atoms with Gasteiger partial charge >= 0.3 is 0 Å². The third-order valence-electron chi connectivity index (χ3n) is 3.52. The Morgan fingerprint density at radius 1 is 1.14 bits per heavy atom. The van der Waals surface area contributed by atoms with Crippen LogP contribution in [0.25, 0.3) is 0 Å². The summed E-state index contributed by atoms with van der Waals surface area (Å²) >= 11 is 0. The molecule has 2 saturated carbocycles. The fourth-order valence-electron chi connectivity index (χ4n) is 2.85. The van der Waals surface area contributed by atoms with Gasteiger partial charge in [0, 0.05) is 0 Å². The highest BCUT2D eigenvalue weighted by atomic mass is 16.5. The van der Waals surface area contributed by atoms with Crippen molar-refractivity contribution in [2.45, 2.75) is 64.9 Å². The molecule has 0 radical (unpaired) electrons. The van der Waals surface area contributed by atoms with E-state index in [1.165, 1.54) is 44.9 Å². The Morgan fingerprint density at radius 3 is 2.21 bits per heavy atom. The average Bonchev–Trinajstić information content (AvgIpc) is 2.21. The van der Waals surface area contributed by atoms with Crippen molar-refractivity contribution in [3.63, 3.8) is 0 Å². The van der Waals surface area contributed by atoms with Crippen molar-refractivity contribution in [3.05, 3.63) is 12.8 Å². The summed E-state index contributed by atoms with van der Waals surface area (Å²) in [5, 5.41) is 0. The highest BCUT2D eigenvalue weighted by molar-refractivity contribution is 4.96. The molecule has 2 fully saturated rings. The summed E-state index contributed by atoms with van der Waals surface area (Å²) in [6.07, 6.45) is 11.9. The molecule has 0 heterocycles. The summed E-state index contributed by atoms with van der Waals surface area (Å²) in [5.41, 5.74) is 0.700. The standard InChI is InChI=1S/C11H18O.C2H6/c1-2-12-10-8-11(9-10)6-4-3-5-7-11;1-2/h2,10H,1,3-9H2;1-2H3. The second kappa shape index (κ2) is 5.43. The molecule has 0 saturated heterocycles. The van der Waals surface area contributed by atoms with Crippen LogP contribution in [0, 0.1) is 5.41 Å². The van der Waals surface area contributed by atoms with E-state index in [1.807, 2.05) is 13.8 Å². The lowest BCUT2D eigenvalue weighted by Gasteiger charge is -2.49. The zero-order chi connectivity index (χ0) is 10.4. The first-order valence-corrected chi connectivity index (χ1v) is 6.11. The predicted octanol–water partition coefficient (Wildman–Crippen LogP) is 4.29. The Labute approximate surface area is 88.5 Å². The molecule has 82 valence electrons. The topological polar surface area (TPSA) is 9.23 Å². The van der Waals surface area contributed by atoms with Crippen molar-refractivity contribution in [1.29, 1.82) is 0 Å². The third kappa shape index (κ3) is 2.52. The second-order valence-electron chi connectivity index (χ2n) is 4.39. The van der Waals surface area contributed by atoms with Gasteiger partial charge in [-0.2, -0.15) is 0 Å². The van der Waals surface area contributed by atoms with Crippen LogP contribution in [-0.4, -0.2) is 6.10 Å². The molecule has 0 bridgehead atoms. The maximum absolute atomic E-state index is 5.37. The lowest BCUT2D eigenvalue weighted by molar-refractivity contribution is -0.0609. The van der Waals surface area contributed by atoms with Crippen LogP contribution in [0.3, 0.4) is 0 Å². The zero-order valence-electron chi connectivity index (χ0n) is 9.72. The van der Waals surface area contributed by atoms with Crippen molar-refractivity contribution >= 4 is 0 Å². The summed E-state index contributed by atoms with van der Waals surface area (Å²) in [6.45, 7) is 7.59. The number of rotatable bonds is 2. The van der Waals surface area contributed by atoms with E-state index in [-0.39, 0.29) is 0 Å². The summed E-state index contributed by atoms with van der Waals surface area (Å²) in [5.74, 6) is 0. The molecule has 0 N–H and O–H groups in total. The van der Waals surface area contributed by atoms with Crippen LogP contribution in [0.5, 0.6) is 0 Å². The number of ether oxygens (including phenoxy) is 1. The molecular weight excluding hydrogens is 172 g/mol. The molecule has 0 atom stereocenters. The predicted molar refractivity (Wildman–Crippen MR) is 61.2 cm³/mol. The fraction of sp³-hybridized carbons (Fsp3) is 0.846. The summed E-state index contributed by atoms with van der Waals surface area (Å²) in [6, 6.07) is 0. The van der Waals surface area contributed by atoms with E-state index in [0.29, 0.717) is 11.5 Å². The molecule has 14 heavy (non-hydrogen) atoms. The van der Waals surface area contributed by atoms with Crippen LogP contribution in [-0.2, 0) is 4.74 Å². The van der Waals surface area contributed by atoms with Gasteiger partial charge < -0.3 is 4.74 Å². The smallest absolute Gasteiger partial charge is 0.0988 e. The molecule has 2 aliphatic carbocycles. The van der Waals surface area contributed by atoms with Gasteiger partial charge in [-0.3, -0.25) is 0 Å². The van der Waals surface area contributed by atoms with Gasteiger partial charge in [-0.05, 0) is 31.1 Å². The van der Waals surface area contributed by atoms with E-state index < -0.39 is 0 Å². The second-order valence-corrected chi connectivity index (χ2v) is 4.39. The van der Waals surface area contributed by atoms with Gasteiger partial charge in [-0.25, -0.2) is 0 Å². The van der Waals surface area contributed by atoms with Crippen LogP contribution >= 0.6 is 0 Å². The molecule has 1 spiro atoms. The average molecular weight is 196 g/mol. The van der Waals surface area contributed by atoms with E-state index in [4.69, 9.17) is 4.74 Å². The molecule has 0 aliphatic heterocycles. The van der Waals surface area contributed by atoms with Crippen LogP contribution in [0.2, 0.25) is 0 Å². The fourth-order valence-corrected chi connectivity index (χ4v) is 2.85. The summed E-state index contributed by atoms with van der Waals surface area (Å²) < 4.78 is 5.37. The van der Waals surface area contributed by atoms with E-state index in [9.17, 15) is 0 Å². The van der Waals surface area contributed by atoms with E-state index >= 15 is 0 Å². The van der Waals surface area contributed by atoms with Crippen molar-refractivity contribution in [1.82, 2.24) is 0 Å². The minimum Gasteiger partial charge on any atom is -0.499 e. The molecule has 2 rings (SSSR count). The van der Waals surface area contributed by atoms with Gasteiger partial charge in [0.15, 0.2) is 0 Å². The monoisotopic (exact) mass is 196 g/mol. The van der Waals surface area contributed by atoms with E-state index in [2.05, 4.69) is 6.58 Å². The highest BCUT2D eigenvalue weighted by Gasteiger charge is 2.45. The Kier molecular flexibility index (Phi) is 4.50. The highest BCUT2D eigenvalue weighted by Crippen LogP contribution is 2.52. The maximum atomic E-state index is 5.37. The Hall–Kier alpha value is -0.460. The zero-order valence-corrected chi connectivity index (χ0v) is 9.72. The Morgan fingerprint density at radius 2 is 1.71 bits per heavy atom. The first-order chi connectivity index (χ1) is 6.85. The van der Waals surface area contributed by atoms with Crippen molar-refractivity contribution < 1.29 is 4.74 Å². The first kappa shape index (κ1) is 11.6. The maximum Gasteiger partial charge on any atom is 0.0988 e.